The number of nitrogens with zero attached hydrogens (tertiary/aromatic N) is 1. The number of amides is 2. The van der Waals surface area contributed by atoms with Crippen molar-refractivity contribution in [3.63, 3.8) is 0 Å². The molecule has 0 spiro atoms. The number of nitrogens with one attached hydrogen (secondary N) is 1. The van der Waals surface area contributed by atoms with Gasteiger partial charge in [0.05, 0.1) is 6.42 Å². The maximum atomic E-state index is 13.8. The number of rotatable bonds is 6. The van der Waals surface area contributed by atoms with E-state index >= 15 is 0 Å². The molecule has 0 heterocycles. The van der Waals surface area contributed by atoms with Crippen molar-refractivity contribution >= 4 is 17.5 Å². The second-order valence-electron chi connectivity index (χ2n) is 5.40. The highest BCUT2D eigenvalue weighted by Crippen LogP contribution is 2.23. The minimum atomic E-state index is -0.860. The third-order valence-corrected chi connectivity index (χ3v) is 3.50. The molecule has 0 aliphatic heterocycles. The molecule has 0 aliphatic carbocycles. The van der Waals surface area contributed by atoms with Crippen LogP contribution in [0.1, 0.15) is 12.5 Å². The van der Waals surface area contributed by atoms with E-state index in [9.17, 15) is 22.8 Å². The van der Waals surface area contributed by atoms with Crippen LogP contribution in [0.15, 0.2) is 42.5 Å². The standard InChI is InChI=1S/C18H17F3N2O2/c1-12(24)23(18-15(20)6-3-7-16(18)21)9-8-22-17(25)11-13-4-2-5-14(19)10-13/h2-7,10H,8-9,11H2,1H3,(H,22,25). The summed E-state index contributed by atoms with van der Waals surface area (Å²) in [7, 11) is 0. The summed E-state index contributed by atoms with van der Waals surface area (Å²) in [5.41, 5.74) is 0.0513. The number of para-hydroxylation sites is 1. The molecule has 4 nitrogen and oxygen atoms in total. The molecule has 2 aromatic carbocycles. The molecule has 0 fully saturated rings. The first-order valence-electron chi connectivity index (χ1n) is 7.61. The fraction of sp³-hybridized carbons (Fsp3) is 0.222. The molecule has 7 heteroatoms. The zero-order valence-corrected chi connectivity index (χ0v) is 13.6. The highest BCUT2D eigenvalue weighted by atomic mass is 19.1. The summed E-state index contributed by atoms with van der Waals surface area (Å²) < 4.78 is 40.7. The zero-order valence-electron chi connectivity index (χ0n) is 13.6. The van der Waals surface area contributed by atoms with Crippen molar-refractivity contribution < 1.29 is 22.8 Å². The molecular formula is C18H17F3N2O2. The van der Waals surface area contributed by atoms with Gasteiger partial charge >= 0.3 is 0 Å². The number of anilines is 1. The van der Waals surface area contributed by atoms with E-state index in [0.717, 1.165) is 17.0 Å². The van der Waals surface area contributed by atoms with Crippen molar-refractivity contribution in [2.75, 3.05) is 18.0 Å². The van der Waals surface area contributed by atoms with Gasteiger partial charge in [-0.25, -0.2) is 13.2 Å². The second-order valence-corrected chi connectivity index (χ2v) is 5.40. The van der Waals surface area contributed by atoms with Crippen molar-refractivity contribution in [3.8, 4) is 0 Å². The molecule has 132 valence electrons. The van der Waals surface area contributed by atoms with Crippen LogP contribution in [0, 0.1) is 17.5 Å². The van der Waals surface area contributed by atoms with Gasteiger partial charge < -0.3 is 10.2 Å². The SMILES string of the molecule is CC(=O)N(CCNC(=O)Cc1cccc(F)c1)c1c(F)cccc1F. The molecule has 0 saturated heterocycles. The molecule has 25 heavy (non-hydrogen) atoms. The fourth-order valence-corrected chi connectivity index (χ4v) is 2.38. The van der Waals surface area contributed by atoms with Gasteiger partial charge in [-0.15, -0.1) is 0 Å². The smallest absolute Gasteiger partial charge is 0.224 e. The third kappa shape index (κ3) is 5.07. The first kappa shape index (κ1) is 18.5. The molecule has 0 atom stereocenters. The molecular weight excluding hydrogens is 333 g/mol. The Labute approximate surface area is 143 Å². The summed E-state index contributed by atoms with van der Waals surface area (Å²) in [6.45, 7) is 1.09. The normalized spacial score (nSPS) is 10.4. The minimum absolute atomic E-state index is 0.00149. The summed E-state index contributed by atoms with van der Waals surface area (Å²) in [5.74, 6) is -3.10. The summed E-state index contributed by atoms with van der Waals surface area (Å²) in [4.78, 5) is 24.5. The summed E-state index contributed by atoms with van der Waals surface area (Å²) in [5, 5.41) is 2.54. The number of halogens is 3. The van der Waals surface area contributed by atoms with Gasteiger partial charge in [0.25, 0.3) is 0 Å². The van der Waals surface area contributed by atoms with Crippen molar-refractivity contribution in [1.29, 1.82) is 0 Å². The highest BCUT2D eigenvalue weighted by Gasteiger charge is 2.20. The van der Waals surface area contributed by atoms with Crippen LogP contribution in [0.5, 0.6) is 0 Å². The van der Waals surface area contributed by atoms with Gasteiger partial charge in [0, 0.05) is 20.0 Å². The van der Waals surface area contributed by atoms with Crippen molar-refractivity contribution in [2.45, 2.75) is 13.3 Å². The number of carbonyl (C=O) groups excluding carboxylic acids is 2. The van der Waals surface area contributed by atoms with Gasteiger partial charge in [-0.05, 0) is 29.8 Å². The van der Waals surface area contributed by atoms with Crippen LogP contribution in [-0.4, -0.2) is 24.9 Å². The van der Waals surface area contributed by atoms with Crippen molar-refractivity contribution in [3.05, 3.63) is 65.5 Å². The van der Waals surface area contributed by atoms with E-state index < -0.39 is 29.0 Å². The van der Waals surface area contributed by atoms with Crippen LogP contribution in [-0.2, 0) is 16.0 Å². The van der Waals surface area contributed by atoms with E-state index in [1.54, 1.807) is 6.07 Å². The van der Waals surface area contributed by atoms with Crippen LogP contribution in [0.2, 0.25) is 0 Å². The predicted octanol–water partition coefficient (Wildman–Crippen LogP) is 2.82. The Morgan fingerprint density at radius 3 is 2.28 bits per heavy atom. The maximum absolute atomic E-state index is 13.8. The van der Waals surface area contributed by atoms with Crippen molar-refractivity contribution in [2.24, 2.45) is 0 Å². The first-order chi connectivity index (χ1) is 11.9. The van der Waals surface area contributed by atoms with Crippen LogP contribution in [0.3, 0.4) is 0 Å². The summed E-state index contributed by atoms with van der Waals surface area (Å²) in [6.07, 6.45) is -0.0358. The highest BCUT2D eigenvalue weighted by molar-refractivity contribution is 5.91. The lowest BCUT2D eigenvalue weighted by molar-refractivity contribution is -0.121. The van der Waals surface area contributed by atoms with Gasteiger partial charge in [0.15, 0.2) is 0 Å². The molecule has 0 aliphatic rings. The Hall–Kier alpha value is -2.83. The Kier molecular flexibility index (Phi) is 6.16. The van der Waals surface area contributed by atoms with Crippen LogP contribution >= 0.6 is 0 Å². The van der Waals surface area contributed by atoms with E-state index in [4.69, 9.17) is 0 Å². The average molecular weight is 350 g/mol. The molecule has 0 saturated carbocycles. The average Bonchev–Trinajstić information content (AvgIpc) is 2.52. The van der Waals surface area contributed by atoms with Gasteiger partial charge in [-0.3, -0.25) is 9.59 Å². The monoisotopic (exact) mass is 350 g/mol. The Morgan fingerprint density at radius 2 is 1.68 bits per heavy atom. The van der Waals surface area contributed by atoms with Gasteiger partial charge in [0.2, 0.25) is 11.8 Å². The Bertz CT molecular complexity index is 760. The number of hydrogen-bond donors (Lipinski definition) is 1. The summed E-state index contributed by atoms with van der Waals surface area (Å²) in [6, 6.07) is 8.93. The lowest BCUT2D eigenvalue weighted by Gasteiger charge is -2.22. The van der Waals surface area contributed by atoms with E-state index in [0.29, 0.717) is 5.56 Å². The Balaban J connectivity index is 1.96. The number of hydrogen-bond acceptors (Lipinski definition) is 2. The molecule has 2 rings (SSSR count). The predicted molar refractivity (Wildman–Crippen MR) is 87.5 cm³/mol. The topological polar surface area (TPSA) is 49.4 Å². The zero-order chi connectivity index (χ0) is 18.4. The lowest BCUT2D eigenvalue weighted by atomic mass is 10.1. The van der Waals surface area contributed by atoms with Gasteiger partial charge in [-0.2, -0.15) is 0 Å². The lowest BCUT2D eigenvalue weighted by Crippen LogP contribution is -2.38. The maximum Gasteiger partial charge on any atom is 0.224 e. The van der Waals surface area contributed by atoms with Crippen LogP contribution in [0.4, 0.5) is 18.9 Å². The van der Waals surface area contributed by atoms with E-state index in [1.807, 2.05) is 0 Å². The molecule has 1 N–H and O–H groups in total. The minimum Gasteiger partial charge on any atom is -0.354 e. The molecule has 2 aromatic rings. The van der Waals surface area contributed by atoms with E-state index in [-0.39, 0.29) is 25.4 Å². The Morgan fingerprint density at radius 1 is 1.04 bits per heavy atom. The third-order valence-electron chi connectivity index (χ3n) is 3.50. The largest absolute Gasteiger partial charge is 0.354 e. The van der Waals surface area contributed by atoms with E-state index in [2.05, 4.69) is 5.32 Å². The number of carbonyl (C=O) groups is 2. The molecule has 0 unspecified atom stereocenters. The molecule has 0 aromatic heterocycles. The number of benzene rings is 2. The molecule has 0 bridgehead atoms. The molecule has 2 amide bonds. The van der Waals surface area contributed by atoms with Crippen LogP contribution in [0.25, 0.3) is 0 Å². The van der Waals surface area contributed by atoms with Crippen molar-refractivity contribution in [1.82, 2.24) is 5.32 Å². The van der Waals surface area contributed by atoms with Gasteiger partial charge in [-0.1, -0.05) is 18.2 Å². The second kappa shape index (κ2) is 8.32. The summed E-state index contributed by atoms with van der Waals surface area (Å²) >= 11 is 0. The first-order valence-corrected chi connectivity index (χ1v) is 7.61. The van der Waals surface area contributed by atoms with E-state index in [1.165, 1.54) is 31.2 Å². The van der Waals surface area contributed by atoms with Gasteiger partial charge in [0.1, 0.15) is 23.1 Å². The quantitative estimate of drug-likeness (QED) is 0.871. The van der Waals surface area contributed by atoms with Crippen LogP contribution < -0.4 is 10.2 Å². The molecule has 0 radical (unpaired) electrons. The fourth-order valence-electron chi connectivity index (χ4n) is 2.38.